The van der Waals surface area contributed by atoms with E-state index in [1.807, 2.05) is 18.2 Å². The number of esters is 3. The van der Waals surface area contributed by atoms with E-state index in [9.17, 15) is 14.4 Å². The lowest BCUT2D eigenvalue weighted by Crippen LogP contribution is -2.30. The van der Waals surface area contributed by atoms with E-state index in [2.05, 4.69) is 112 Å². The third kappa shape index (κ3) is 52.9. The molecule has 0 aliphatic carbocycles. The Hall–Kier alpha value is -3.93. The number of ether oxygens (including phenoxy) is 3. The van der Waals surface area contributed by atoms with E-state index < -0.39 is 6.10 Å². The maximum Gasteiger partial charge on any atom is 0.306 e. The van der Waals surface area contributed by atoms with Gasteiger partial charge >= 0.3 is 17.9 Å². The van der Waals surface area contributed by atoms with Crippen LogP contribution in [-0.2, 0) is 28.6 Å². The van der Waals surface area contributed by atoms with Crippen LogP contribution in [0.3, 0.4) is 0 Å². The van der Waals surface area contributed by atoms with Gasteiger partial charge in [0.05, 0.1) is 0 Å². The van der Waals surface area contributed by atoms with E-state index in [-0.39, 0.29) is 37.5 Å². The van der Waals surface area contributed by atoms with E-state index in [0.29, 0.717) is 19.3 Å². The molecule has 1 atom stereocenters. The van der Waals surface area contributed by atoms with Gasteiger partial charge in [0.2, 0.25) is 0 Å². The molecule has 0 aliphatic rings. The van der Waals surface area contributed by atoms with Crippen molar-refractivity contribution in [2.45, 2.75) is 245 Å². The van der Waals surface area contributed by atoms with Gasteiger partial charge in [-0.3, -0.25) is 14.4 Å². The number of hydrogen-bond acceptors (Lipinski definition) is 6. The molecule has 380 valence electrons. The highest BCUT2D eigenvalue weighted by molar-refractivity contribution is 5.71. The molecule has 0 radical (unpaired) electrons. The van der Waals surface area contributed by atoms with Gasteiger partial charge in [0, 0.05) is 19.3 Å². The van der Waals surface area contributed by atoms with Crippen molar-refractivity contribution in [1.29, 1.82) is 0 Å². The molecule has 0 saturated carbocycles. The van der Waals surface area contributed by atoms with Crippen LogP contribution in [0.25, 0.3) is 0 Å². The summed E-state index contributed by atoms with van der Waals surface area (Å²) in [6.07, 6.45) is 73.6. The molecule has 0 spiro atoms. The molecule has 6 nitrogen and oxygen atoms in total. The Bertz CT molecular complexity index is 1390. The topological polar surface area (TPSA) is 78.9 Å². The second-order valence-electron chi connectivity index (χ2n) is 17.8. The lowest BCUT2D eigenvalue weighted by atomic mass is 10.1. The van der Waals surface area contributed by atoms with Gasteiger partial charge < -0.3 is 14.2 Å². The third-order valence-corrected chi connectivity index (χ3v) is 11.3. The lowest BCUT2D eigenvalue weighted by Gasteiger charge is -2.18. The lowest BCUT2D eigenvalue weighted by molar-refractivity contribution is -0.167. The molecule has 0 aromatic rings. The Balaban J connectivity index is 4.53. The van der Waals surface area contributed by atoms with E-state index >= 15 is 0 Å². The van der Waals surface area contributed by atoms with Crippen LogP contribution in [0.1, 0.15) is 239 Å². The fraction of sp³-hybridized carbons (Fsp3) is 0.656. The van der Waals surface area contributed by atoms with Crippen molar-refractivity contribution in [3.63, 3.8) is 0 Å². The number of unbranched alkanes of at least 4 members (excludes halogenated alkanes) is 22. The zero-order valence-corrected chi connectivity index (χ0v) is 43.4. The molecule has 0 bridgehead atoms. The van der Waals surface area contributed by atoms with Crippen LogP contribution in [0.4, 0.5) is 0 Å². The minimum Gasteiger partial charge on any atom is -0.462 e. The van der Waals surface area contributed by atoms with Gasteiger partial charge in [0.15, 0.2) is 6.10 Å². The monoisotopic (exact) mass is 929 g/mol. The minimum absolute atomic E-state index is 0.111. The number of carbonyl (C=O) groups is 3. The first kappa shape index (κ1) is 63.1. The second kappa shape index (κ2) is 54.7. The molecule has 0 N–H and O–H groups in total. The van der Waals surface area contributed by atoms with E-state index in [1.54, 1.807) is 0 Å². The Labute approximate surface area is 412 Å². The Kier molecular flexibility index (Phi) is 51.5. The highest BCUT2D eigenvalue weighted by Gasteiger charge is 2.19. The molecule has 0 aliphatic heterocycles. The number of carbonyl (C=O) groups excluding carboxylic acids is 3. The molecule has 1 unspecified atom stereocenters. The van der Waals surface area contributed by atoms with Gasteiger partial charge in [-0.2, -0.15) is 0 Å². The van der Waals surface area contributed by atoms with Crippen LogP contribution in [-0.4, -0.2) is 37.2 Å². The molecular weight excluding hydrogens is 829 g/mol. The quantitative estimate of drug-likeness (QED) is 0.0199. The molecule has 0 aromatic heterocycles. The zero-order valence-electron chi connectivity index (χ0n) is 43.4. The second-order valence-corrected chi connectivity index (χ2v) is 17.8. The summed E-state index contributed by atoms with van der Waals surface area (Å²) in [4.78, 5) is 38.1. The summed E-state index contributed by atoms with van der Waals surface area (Å²) >= 11 is 0. The zero-order chi connectivity index (χ0) is 48.6. The molecule has 0 heterocycles. The van der Waals surface area contributed by atoms with Crippen molar-refractivity contribution in [1.82, 2.24) is 0 Å². The Morgan fingerprint density at radius 2 is 0.657 bits per heavy atom. The average Bonchev–Trinajstić information content (AvgIpc) is 3.33. The Morgan fingerprint density at radius 3 is 1.15 bits per heavy atom. The molecule has 67 heavy (non-hydrogen) atoms. The van der Waals surface area contributed by atoms with Crippen molar-refractivity contribution >= 4 is 17.9 Å². The fourth-order valence-electron chi connectivity index (χ4n) is 7.20. The maximum atomic E-state index is 12.8. The van der Waals surface area contributed by atoms with E-state index in [4.69, 9.17) is 14.2 Å². The summed E-state index contributed by atoms with van der Waals surface area (Å²) in [5.41, 5.74) is 0. The SMILES string of the molecule is CC\C=C/C=C\C=C/C=C\CCCCCCCC(=O)OCC(COC(=O)CCC/C=C\C/C=C\C/C=C\C/C=C\CCCCC)OC(=O)CCCCCCCCC/C=C\CCCCCCCC. The first-order valence-corrected chi connectivity index (χ1v) is 27.4. The van der Waals surface area contributed by atoms with Gasteiger partial charge in [-0.1, -0.05) is 226 Å². The molecule has 6 heteroatoms. The highest BCUT2D eigenvalue weighted by Crippen LogP contribution is 2.14. The predicted octanol–water partition coefficient (Wildman–Crippen LogP) is 18.3. The first-order valence-electron chi connectivity index (χ1n) is 27.4. The number of rotatable bonds is 48. The standard InChI is InChI=1S/C61H100O6/c1-4-7-10-13-16-19-22-25-28-30-33-36-39-42-45-48-51-54-60(63)66-57-58(56-65-59(62)53-50-47-44-41-38-35-32-27-24-21-18-15-12-9-6-3)67-61(64)55-52-49-46-43-40-37-34-31-29-26-23-20-17-14-11-8-5-2/h9,12,15-16,18-19,21,24-29,32-33,36,42,45,58H,4-8,10-11,13-14,17,20,22-23,30-31,34-35,37-41,43-44,46-57H2,1-3H3/b12-9-,18-15-,19-16-,24-21-,28-25-,29-26-,32-27-,36-33-,45-42-. The number of allylic oxidation sites excluding steroid dienone is 18. The van der Waals surface area contributed by atoms with Crippen molar-refractivity contribution in [2.75, 3.05) is 13.2 Å². The summed E-state index contributed by atoms with van der Waals surface area (Å²) in [6.45, 7) is 6.39. The van der Waals surface area contributed by atoms with Crippen LogP contribution in [0, 0.1) is 0 Å². The van der Waals surface area contributed by atoms with Crippen LogP contribution in [0.5, 0.6) is 0 Å². The molecular formula is C61H100O6. The van der Waals surface area contributed by atoms with Crippen LogP contribution < -0.4 is 0 Å². The normalized spacial score (nSPS) is 12.9. The van der Waals surface area contributed by atoms with Gasteiger partial charge in [0.1, 0.15) is 13.2 Å². The average molecular weight is 929 g/mol. The van der Waals surface area contributed by atoms with Crippen molar-refractivity contribution in [3.8, 4) is 0 Å². The molecule has 0 rings (SSSR count). The third-order valence-electron chi connectivity index (χ3n) is 11.3. The fourth-order valence-corrected chi connectivity index (χ4v) is 7.20. The predicted molar refractivity (Wildman–Crippen MR) is 288 cm³/mol. The van der Waals surface area contributed by atoms with Gasteiger partial charge in [-0.25, -0.2) is 0 Å². The molecule has 0 amide bonds. The van der Waals surface area contributed by atoms with Crippen molar-refractivity contribution < 1.29 is 28.6 Å². The highest BCUT2D eigenvalue weighted by atomic mass is 16.6. The summed E-state index contributed by atoms with van der Waals surface area (Å²) in [5.74, 6) is -0.996. The largest absolute Gasteiger partial charge is 0.462 e. The van der Waals surface area contributed by atoms with Crippen molar-refractivity contribution in [3.05, 3.63) is 109 Å². The smallest absolute Gasteiger partial charge is 0.306 e. The van der Waals surface area contributed by atoms with Crippen LogP contribution in [0.15, 0.2) is 109 Å². The van der Waals surface area contributed by atoms with Gasteiger partial charge in [-0.15, -0.1) is 0 Å². The summed E-state index contributed by atoms with van der Waals surface area (Å²) in [6, 6.07) is 0. The van der Waals surface area contributed by atoms with E-state index in [1.165, 1.54) is 103 Å². The number of hydrogen-bond donors (Lipinski definition) is 0. The minimum atomic E-state index is -0.814. The summed E-state index contributed by atoms with van der Waals surface area (Å²) < 4.78 is 16.8. The van der Waals surface area contributed by atoms with E-state index in [0.717, 1.165) is 89.9 Å². The van der Waals surface area contributed by atoms with Gasteiger partial charge in [-0.05, 0) is 103 Å². The maximum absolute atomic E-state index is 12.8. The molecule has 0 saturated heterocycles. The summed E-state index contributed by atoms with van der Waals surface area (Å²) in [5, 5.41) is 0. The molecule has 0 aromatic carbocycles. The molecule has 0 fully saturated rings. The summed E-state index contributed by atoms with van der Waals surface area (Å²) in [7, 11) is 0. The Morgan fingerprint density at radius 1 is 0.328 bits per heavy atom. The first-order chi connectivity index (χ1) is 33.0. The van der Waals surface area contributed by atoms with Crippen molar-refractivity contribution in [2.24, 2.45) is 0 Å². The van der Waals surface area contributed by atoms with Crippen LogP contribution >= 0.6 is 0 Å². The van der Waals surface area contributed by atoms with Crippen LogP contribution in [0.2, 0.25) is 0 Å². The van der Waals surface area contributed by atoms with Gasteiger partial charge in [0.25, 0.3) is 0 Å².